The first kappa shape index (κ1) is 17.3. The first-order chi connectivity index (χ1) is 9.38. The Morgan fingerprint density at radius 2 is 2.10 bits per heavy atom. The number of benzene rings is 1. The zero-order valence-electron chi connectivity index (χ0n) is 10.6. The number of anilines is 1. The molecular formula is C11H16BrFN2O4S. The Balaban J connectivity index is 2.63. The van der Waals surface area contributed by atoms with E-state index in [1.54, 1.807) is 0 Å². The van der Waals surface area contributed by atoms with Gasteiger partial charge in [-0.3, -0.25) is 0 Å². The molecule has 0 spiro atoms. The van der Waals surface area contributed by atoms with Gasteiger partial charge in [-0.1, -0.05) is 0 Å². The zero-order chi connectivity index (χ0) is 15.2. The molecule has 114 valence electrons. The largest absolute Gasteiger partial charge is 0.398 e. The highest BCUT2D eigenvalue weighted by Gasteiger charge is 2.20. The van der Waals surface area contributed by atoms with Crippen molar-refractivity contribution in [2.75, 3.05) is 32.1 Å². The third kappa shape index (κ3) is 4.98. The maximum absolute atomic E-state index is 13.6. The standard InChI is InChI=1S/C11H16BrFN2O4S/c12-8-6-9(13)11(7-10(8)14)20(17,18)15-2-1-4-19-5-3-16/h6-7,15-16H,1-5,14H2. The summed E-state index contributed by atoms with van der Waals surface area (Å²) in [6, 6.07) is 2.07. The second-order valence-electron chi connectivity index (χ2n) is 3.89. The summed E-state index contributed by atoms with van der Waals surface area (Å²) in [5.74, 6) is -0.880. The minimum absolute atomic E-state index is 0.0882. The molecule has 0 aliphatic heterocycles. The highest BCUT2D eigenvalue weighted by Crippen LogP contribution is 2.25. The zero-order valence-corrected chi connectivity index (χ0v) is 13.0. The maximum atomic E-state index is 13.6. The van der Waals surface area contributed by atoms with Crippen molar-refractivity contribution in [3.8, 4) is 0 Å². The Morgan fingerprint density at radius 3 is 2.75 bits per heavy atom. The molecule has 4 N–H and O–H groups in total. The molecule has 0 saturated heterocycles. The van der Waals surface area contributed by atoms with Crippen molar-refractivity contribution >= 4 is 31.6 Å². The first-order valence-electron chi connectivity index (χ1n) is 5.81. The van der Waals surface area contributed by atoms with Crippen LogP contribution in [0.5, 0.6) is 0 Å². The van der Waals surface area contributed by atoms with Crippen LogP contribution in [-0.4, -0.2) is 39.9 Å². The molecule has 9 heteroatoms. The molecular weight excluding hydrogens is 355 g/mol. The first-order valence-corrected chi connectivity index (χ1v) is 8.09. The smallest absolute Gasteiger partial charge is 0.243 e. The third-order valence-electron chi connectivity index (χ3n) is 2.33. The summed E-state index contributed by atoms with van der Waals surface area (Å²) in [6.45, 7) is 0.511. The summed E-state index contributed by atoms with van der Waals surface area (Å²) >= 11 is 3.02. The van der Waals surface area contributed by atoms with Crippen molar-refractivity contribution < 1.29 is 22.7 Å². The fraction of sp³-hybridized carbons (Fsp3) is 0.455. The Kier molecular flexibility index (Phi) is 6.83. The molecule has 0 aliphatic carbocycles. The molecule has 0 atom stereocenters. The van der Waals surface area contributed by atoms with Gasteiger partial charge in [-0.05, 0) is 34.5 Å². The van der Waals surface area contributed by atoms with E-state index in [0.29, 0.717) is 17.5 Å². The van der Waals surface area contributed by atoms with E-state index in [2.05, 4.69) is 20.7 Å². The van der Waals surface area contributed by atoms with Gasteiger partial charge in [0, 0.05) is 23.3 Å². The molecule has 0 heterocycles. The lowest BCUT2D eigenvalue weighted by molar-refractivity contribution is 0.0913. The Hall–Kier alpha value is -0.740. The second kappa shape index (κ2) is 7.89. The number of aliphatic hydroxyl groups excluding tert-OH is 1. The fourth-order valence-corrected chi connectivity index (χ4v) is 2.86. The Labute approximate surface area is 125 Å². The molecule has 6 nitrogen and oxygen atoms in total. The van der Waals surface area contributed by atoms with Crippen LogP contribution in [0.15, 0.2) is 21.5 Å². The summed E-state index contributed by atoms with van der Waals surface area (Å²) in [5.41, 5.74) is 5.68. The van der Waals surface area contributed by atoms with Gasteiger partial charge in [-0.25, -0.2) is 17.5 Å². The third-order valence-corrected chi connectivity index (χ3v) is 4.50. The van der Waals surface area contributed by atoms with Crippen LogP contribution >= 0.6 is 15.9 Å². The molecule has 1 aromatic carbocycles. The number of halogens is 2. The van der Waals surface area contributed by atoms with Crippen molar-refractivity contribution in [1.29, 1.82) is 0 Å². The molecule has 0 bridgehead atoms. The van der Waals surface area contributed by atoms with Gasteiger partial charge in [-0.2, -0.15) is 0 Å². The highest BCUT2D eigenvalue weighted by molar-refractivity contribution is 9.10. The van der Waals surface area contributed by atoms with E-state index in [0.717, 1.165) is 12.1 Å². The van der Waals surface area contributed by atoms with Crippen molar-refractivity contribution in [3.63, 3.8) is 0 Å². The minimum Gasteiger partial charge on any atom is -0.398 e. The molecule has 1 rings (SSSR count). The Bertz CT molecular complexity index is 554. The fourth-order valence-electron chi connectivity index (χ4n) is 1.38. The SMILES string of the molecule is Nc1cc(S(=O)(=O)NCCCOCCO)c(F)cc1Br. The minimum atomic E-state index is -3.95. The molecule has 0 amide bonds. The van der Waals surface area contributed by atoms with Gasteiger partial charge in [0.05, 0.1) is 13.2 Å². The number of rotatable bonds is 8. The van der Waals surface area contributed by atoms with Crippen LogP contribution in [0.4, 0.5) is 10.1 Å². The monoisotopic (exact) mass is 370 g/mol. The van der Waals surface area contributed by atoms with Crippen LogP contribution in [0.2, 0.25) is 0 Å². The van der Waals surface area contributed by atoms with E-state index < -0.39 is 20.7 Å². The van der Waals surface area contributed by atoms with Gasteiger partial charge in [0.2, 0.25) is 10.0 Å². The molecule has 0 radical (unpaired) electrons. The van der Waals surface area contributed by atoms with Crippen LogP contribution < -0.4 is 10.5 Å². The normalized spacial score (nSPS) is 11.8. The van der Waals surface area contributed by atoms with Crippen molar-refractivity contribution in [2.24, 2.45) is 0 Å². The van der Waals surface area contributed by atoms with Gasteiger partial charge in [0.25, 0.3) is 0 Å². The quantitative estimate of drug-likeness (QED) is 0.465. The van der Waals surface area contributed by atoms with Crippen LogP contribution in [0.1, 0.15) is 6.42 Å². The second-order valence-corrected chi connectivity index (χ2v) is 6.48. The van der Waals surface area contributed by atoms with Gasteiger partial charge in [0.15, 0.2) is 0 Å². The number of hydrogen-bond donors (Lipinski definition) is 3. The van der Waals surface area contributed by atoms with E-state index in [-0.39, 0.29) is 25.4 Å². The molecule has 0 aliphatic rings. The summed E-state index contributed by atoms with van der Waals surface area (Å²) in [5, 5.41) is 8.49. The molecule has 0 unspecified atom stereocenters. The summed E-state index contributed by atoms with van der Waals surface area (Å²) < 4.78 is 45.0. The predicted molar refractivity (Wildman–Crippen MR) is 76.2 cm³/mol. The topological polar surface area (TPSA) is 102 Å². The van der Waals surface area contributed by atoms with Gasteiger partial charge in [-0.15, -0.1) is 0 Å². The van der Waals surface area contributed by atoms with Crippen LogP contribution in [0.25, 0.3) is 0 Å². The van der Waals surface area contributed by atoms with E-state index in [1.165, 1.54) is 0 Å². The van der Waals surface area contributed by atoms with Crippen molar-refractivity contribution in [3.05, 3.63) is 22.4 Å². The number of aliphatic hydroxyl groups is 1. The summed E-state index contributed by atoms with van der Waals surface area (Å²) in [4.78, 5) is -0.491. The van der Waals surface area contributed by atoms with E-state index >= 15 is 0 Å². The van der Waals surface area contributed by atoms with Crippen LogP contribution in [0.3, 0.4) is 0 Å². The average molecular weight is 371 g/mol. The number of hydrogen-bond acceptors (Lipinski definition) is 5. The van der Waals surface area contributed by atoms with Crippen molar-refractivity contribution in [1.82, 2.24) is 4.72 Å². The molecule has 1 aromatic rings. The number of nitrogens with two attached hydrogens (primary N) is 1. The molecule has 0 aromatic heterocycles. The summed E-state index contributed by atoms with van der Waals surface area (Å²) in [6.07, 6.45) is 0.410. The summed E-state index contributed by atoms with van der Waals surface area (Å²) in [7, 11) is -3.95. The molecule has 0 saturated carbocycles. The van der Waals surface area contributed by atoms with Gasteiger partial charge < -0.3 is 15.6 Å². The van der Waals surface area contributed by atoms with E-state index in [1.807, 2.05) is 0 Å². The number of nitrogens with one attached hydrogen (secondary N) is 1. The lowest BCUT2D eigenvalue weighted by atomic mass is 10.3. The van der Waals surface area contributed by atoms with E-state index in [9.17, 15) is 12.8 Å². The van der Waals surface area contributed by atoms with Crippen LogP contribution in [0, 0.1) is 5.82 Å². The molecule has 0 fully saturated rings. The predicted octanol–water partition coefficient (Wildman–Crippen LogP) is 0.848. The average Bonchev–Trinajstić information content (AvgIpc) is 2.37. The number of sulfonamides is 1. The van der Waals surface area contributed by atoms with Gasteiger partial charge >= 0.3 is 0 Å². The maximum Gasteiger partial charge on any atom is 0.243 e. The number of nitrogen functional groups attached to an aromatic ring is 1. The van der Waals surface area contributed by atoms with Gasteiger partial charge in [0.1, 0.15) is 10.7 Å². The van der Waals surface area contributed by atoms with E-state index in [4.69, 9.17) is 15.6 Å². The lowest BCUT2D eigenvalue weighted by Crippen LogP contribution is -2.26. The van der Waals surface area contributed by atoms with Crippen LogP contribution in [-0.2, 0) is 14.8 Å². The number of ether oxygens (including phenoxy) is 1. The highest BCUT2D eigenvalue weighted by atomic mass is 79.9. The Morgan fingerprint density at radius 1 is 1.40 bits per heavy atom. The lowest BCUT2D eigenvalue weighted by Gasteiger charge is -2.09. The van der Waals surface area contributed by atoms with Crippen molar-refractivity contribution in [2.45, 2.75) is 11.3 Å². The molecule has 20 heavy (non-hydrogen) atoms.